The molecular formula is C29H30F2N6O2S. The van der Waals surface area contributed by atoms with Gasteiger partial charge in [-0.1, -0.05) is 0 Å². The maximum Gasteiger partial charge on any atom is 0.239 e. The third-order valence-corrected chi connectivity index (χ3v) is 8.85. The van der Waals surface area contributed by atoms with Crippen LogP contribution in [0.1, 0.15) is 25.7 Å². The van der Waals surface area contributed by atoms with Crippen molar-refractivity contribution in [1.82, 2.24) is 24.6 Å². The number of rotatable bonds is 7. The fraction of sp³-hybridized carbons (Fsp3) is 0.345. The summed E-state index contributed by atoms with van der Waals surface area (Å²) < 4.78 is 35.6. The number of carbonyl (C=O) groups excluding carboxylic acids is 1. The van der Waals surface area contributed by atoms with Gasteiger partial charge >= 0.3 is 0 Å². The van der Waals surface area contributed by atoms with E-state index in [0.29, 0.717) is 22.4 Å². The summed E-state index contributed by atoms with van der Waals surface area (Å²) in [4.78, 5) is 24.7. The van der Waals surface area contributed by atoms with Crippen molar-refractivity contribution in [2.24, 2.45) is 0 Å². The summed E-state index contributed by atoms with van der Waals surface area (Å²) >= 11 is 1.85. The van der Waals surface area contributed by atoms with Crippen LogP contribution in [0.3, 0.4) is 0 Å². The number of ether oxygens (including phenoxy) is 1. The van der Waals surface area contributed by atoms with Crippen LogP contribution in [0.25, 0.3) is 16.9 Å². The van der Waals surface area contributed by atoms with Crippen molar-refractivity contribution in [3.63, 3.8) is 0 Å². The minimum absolute atomic E-state index is 0.00441. The summed E-state index contributed by atoms with van der Waals surface area (Å²) in [6, 6.07) is 11.0. The Morgan fingerprint density at radius 3 is 2.60 bits per heavy atom. The number of benzene rings is 2. The van der Waals surface area contributed by atoms with Crippen LogP contribution < -0.4 is 15.4 Å². The monoisotopic (exact) mass is 564 g/mol. The molecule has 2 N–H and O–H groups in total. The molecule has 11 heteroatoms. The second-order valence-electron chi connectivity index (χ2n) is 10.00. The molecule has 40 heavy (non-hydrogen) atoms. The molecule has 1 unspecified atom stereocenters. The van der Waals surface area contributed by atoms with E-state index in [2.05, 4.69) is 32.7 Å². The number of imidazole rings is 1. The number of carbonyl (C=O) groups is 1. The topological polar surface area (TPSA) is 83.8 Å². The molecule has 4 aromatic rings. The Hall–Kier alpha value is -3.70. The quantitative estimate of drug-likeness (QED) is 0.317. The molecule has 0 spiro atoms. The fourth-order valence-electron chi connectivity index (χ4n) is 5.35. The Kier molecular flexibility index (Phi) is 7.57. The molecule has 0 aliphatic carbocycles. The Morgan fingerprint density at radius 1 is 1.07 bits per heavy atom. The minimum Gasteiger partial charge on any atom is -0.494 e. The lowest BCUT2D eigenvalue weighted by Gasteiger charge is -2.33. The SMILES string of the molecule is COc1ccc(-c2cnc3c(Nc4ccc(SC5CCN(C(=O)C6CCCN6)CC5)cc4)nccn23)c(F)c1F. The summed E-state index contributed by atoms with van der Waals surface area (Å²) in [5.41, 5.74) is 1.80. The van der Waals surface area contributed by atoms with Crippen molar-refractivity contribution in [3.8, 4) is 17.0 Å². The van der Waals surface area contributed by atoms with E-state index in [1.807, 2.05) is 28.8 Å². The van der Waals surface area contributed by atoms with Crippen LogP contribution in [0.4, 0.5) is 20.3 Å². The van der Waals surface area contributed by atoms with Crippen molar-refractivity contribution in [3.05, 3.63) is 66.6 Å². The summed E-state index contributed by atoms with van der Waals surface area (Å²) in [7, 11) is 1.29. The zero-order valence-electron chi connectivity index (χ0n) is 22.1. The largest absolute Gasteiger partial charge is 0.494 e. The lowest BCUT2D eigenvalue weighted by molar-refractivity contribution is -0.133. The minimum atomic E-state index is -1.04. The lowest BCUT2D eigenvalue weighted by atomic mass is 10.1. The highest BCUT2D eigenvalue weighted by atomic mass is 32.2. The van der Waals surface area contributed by atoms with Crippen molar-refractivity contribution >= 4 is 34.8 Å². The Bertz CT molecular complexity index is 1520. The lowest BCUT2D eigenvalue weighted by Crippen LogP contribution is -2.47. The number of likely N-dealkylation sites (tertiary alicyclic amines) is 1. The van der Waals surface area contributed by atoms with Crippen LogP contribution >= 0.6 is 11.8 Å². The number of aromatic nitrogens is 3. The molecule has 1 atom stereocenters. The number of anilines is 2. The summed E-state index contributed by atoms with van der Waals surface area (Å²) in [6.07, 6.45) is 8.73. The van der Waals surface area contributed by atoms with E-state index in [9.17, 15) is 13.6 Å². The van der Waals surface area contributed by atoms with Crippen LogP contribution in [0.2, 0.25) is 0 Å². The Labute approximate surface area is 235 Å². The molecule has 4 heterocycles. The molecule has 2 aliphatic heterocycles. The van der Waals surface area contributed by atoms with Gasteiger partial charge in [0, 0.05) is 46.9 Å². The predicted octanol–water partition coefficient (Wildman–Crippen LogP) is 5.26. The zero-order valence-corrected chi connectivity index (χ0v) is 22.9. The summed E-state index contributed by atoms with van der Waals surface area (Å²) in [5.74, 6) is -1.44. The van der Waals surface area contributed by atoms with Gasteiger partial charge in [-0.05, 0) is 68.6 Å². The highest BCUT2D eigenvalue weighted by molar-refractivity contribution is 8.00. The predicted molar refractivity (Wildman–Crippen MR) is 151 cm³/mol. The zero-order chi connectivity index (χ0) is 27.6. The van der Waals surface area contributed by atoms with Gasteiger partial charge in [-0.3, -0.25) is 9.20 Å². The van der Waals surface area contributed by atoms with Crippen LogP contribution in [0.15, 0.2) is 59.9 Å². The number of hydrogen-bond acceptors (Lipinski definition) is 7. The number of thioether (sulfide) groups is 1. The van der Waals surface area contributed by atoms with Crippen molar-refractivity contribution in [1.29, 1.82) is 0 Å². The van der Waals surface area contributed by atoms with Gasteiger partial charge in [-0.15, -0.1) is 11.8 Å². The number of methoxy groups -OCH3 is 1. The second-order valence-corrected chi connectivity index (χ2v) is 11.4. The first-order valence-corrected chi connectivity index (χ1v) is 14.3. The first-order valence-electron chi connectivity index (χ1n) is 13.4. The van der Waals surface area contributed by atoms with Crippen molar-refractivity contribution in [2.75, 3.05) is 32.1 Å². The van der Waals surface area contributed by atoms with Crippen LogP contribution in [-0.2, 0) is 4.79 Å². The van der Waals surface area contributed by atoms with Gasteiger partial charge in [0.2, 0.25) is 11.7 Å². The van der Waals surface area contributed by atoms with Gasteiger partial charge in [0.15, 0.2) is 23.0 Å². The molecule has 0 bridgehead atoms. The molecule has 1 amide bonds. The Balaban J connectivity index is 1.11. The van der Waals surface area contributed by atoms with Crippen LogP contribution in [0, 0.1) is 11.6 Å². The maximum absolute atomic E-state index is 14.8. The highest BCUT2D eigenvalue weighted by Crippen LogP contribution is 2.33. The summed E-state index contributed by atoms with van der Waals surface area (Å²) in [6.45, 7) is 2.56. The van der Waals surface area contributed by atoms with Gasteiger partial charge in [0.05, 0.1) is 25.0 Å². The average Bonchev–Trinajstić information content (AvgIpc) is 3.67. The first kappa shape index (κ1) is 26.5. The fourth-order valence-corrected chi connectivity index (χ4v) is 6.47. The standard InChI is InChI=1S/C29H30F2N6O2S/c1-39-24-9-8-21(25(30)26(24)31)23-17-34-28-27(33-13-16-37(23)28)35-18-4-6-19(7-5-18)40-20-10-14-36(15-11-20)29(38)22-3-2-12-32-22/h4-9,13,16-17,20,22,32H,2-3,10-12,14-15H2,1H3,(H,33,35). The number of piperidine rings is 1. The van der Waals surface area contributed by atoms with Crippen molar-refractivity contribution < 1.29 is 18.3 Å². The molecule has 2 aliphatic rings. The number of hydrogen-bond donors (Lipinski definition) is 2. The third kappa shape index (κ3) is 5.23. The molecule has 2 aromatic heterocycles. The van der Waals surface area contributed by atoms with Crippen molar-refractivity contribution in [2.45, 2.75) is 41.9 Å². The van der Waals surface area contributed by atoms with E-state index in [0.717, 1.165) is 51.0 Å². The molecule has 8 nitrogen and oxygen atoms in total. The van der Waals surface area contributed by atoms with Gasteiger partial charge in [0.1, 0.15) is 0 Å². The molecule has 2 aromatic carbocycles. The number of amides is 1. The molecular weight excluding hydrogens is 534 g/mol. The second kappa shape index (κ2) is 11.4. The molecule has 6 rings (SSSR count). The van der Waals surface area contributed by atoms with Crippen LogP contribution in [-0.4, -0.2) is 63.2 Å². The third-order valence-electron chi connectivity index (χ3n) is 7.50. The van der Waals surface area contributed by atoms with E-state index in [4.69, 9.17) is 4.74 Å². The van der Waals surface area contributed by atoms with E-state index >= 15 is 0 Å². The average molecular weight is 565 g/mol. The molecule has 0 radical (unpaired) electrons. The number of nitrogens with one attached hydrogen (secondary N) is 2. The number of fused-ring (bicyclic) bond motifs is 1. The Morgan fingerprint density at radius 2 is 1.88 bits per heavy atom. The van der Waals surface area contributed by atoms with Gasteiger partial charge in [-0.2, -0.15) is 4.39 Å². The molecule has 0 saturated carbocycles. The van der Waals surface area contributed by atoms with E-state index in [1.165, 1.54) is 30.3 Å². The normalized spacial score (nSPS) is 17.9. The van der Waals surface area contributed by atoms with E-state index < -0.39 is 11.6 Å². The van der Waals surface area contributed by atoms with Crippen LogP contribution in [0.5, 0.6) is 5.75 Å². The molecule has 2 saturated heterocycles. The summed E-state index contributed by atoms with van der Waals surface area (Å²) in [5, 5.41) is 7.07. The van der Waals surface area contributed by atoms with E-state index in [-0.39, 0.29) is 23.3 Å². The first-order chi connectivity index (χ1) is 19.5. The van der Waals surface area contributed by atoms with Gasteiger partial charge in [-0.25, -0.2) is 14.4 Å². The highest BCUT2D eigenvalue weighted by Gasteiger charge is 2.30. The maximum atomic E-state index is 14.8. The van der Waals surface area contributed by atoms with Gasteiger partial charge in [0.25, 0.3) is 0 Å². The molecule has 2 fully saturated rings. The smallest absolute Gasteiger partial charge is 0.239 e. The molecule has 208 valence electrons. The number of halogens is 2. The van der Waals surface area contributed by atoms with E-state index in [1.54, 1.807) is 16.8 Å². The van der Waals surface area contributed by atoms with Gasteiger partial charge < -0.3 is 20.3 Å². The number of nitrogens with zero attached hydrogens (tertiary/aromatic N) is 4.